The summed E-state index contributed by atoms with van der Waals surface area (Å²) in [7, 11) is -5.78. The zero-order chi connectivity index (χ0) is 19.5. The molecule has 6 nitrogen and oxygen atoms in total. The molecule has 0 radical (unpaired) electrons. The van der Waals surface area contributed by atoms with Crippen LogP contribution in [0.2, 0.25) is 24.7 Å². The molecule has 0 unspecified atom stereocenters. The summed E-state index contributed by atoms with van der Waals surface area (Å²) in [5.74, 6) is -0.315. The number of sulfonamides is 1. The van der Waals surface area contributed by atoms with Gasteiger partial charge in [0.05, 0.1) is 5.75 Å². The summed E-state index contributed by atoms with van der Waals surface area (Å²) in [6.45, 7) is 5.76. The molecule has 1 aromatic carbocycles. The molecule has 2 aromatic rings. The van der Waals surface area contributed by atoms with Crippen LogP contribution < -0.4 is 9.15 Å². The lowest BCUT2D eigenvalue weighted by atomic mass is 10.1. The van der Waals surface area contributed by atoms with Gasteiger partial charge in [-0.2, -0.15) is 0 Å². The van der Waals surface area contributed by atoms with Crippen LogP contribution in [0.4, 0.5) is 5.88 Å². The van der Waals surface area contributed by atoms with Gasteiger partial charge < -0.3 is 13.9 Å². The smallest absolute Gasteiger partial charge is 0.252 e. The second-order valence-electron chi connectivity index (χ2n) is 6.62. The molecule has 2 N–H and O–H groups in total. The first kappa shape index (κ1) is 21.1. The maximum Gasteiger partial charge on any atom is 0.252 e. The molecule has 0 amide bonds. The Labute approximate surface area is 167 Å². The predicted molar refractivity (Wildman–Crippen MR) is 111 cm³/mol. The Bertz CT molecular complexity index is 862. The molecule has 0 spiro atoms. The molecule has 0 saturated carbocycles. The van der Waals surface area contributed by atoms with Crippen LogP contribution in [0.3, 0.4) is 0 Å². The summed E-state index contributed by atoms with van der Waals surface area (Å²) in [5.41, 5.74) is 0.554. The number of rotatable bonds is 8. The fraction of sp³-hybridized carbons (Fsp3) is 0.375. The van der Waals surface area contributed by atoms with Gasteiger partial charge in [0.2, 0.25) is 29.8 Å². The van der Waals surface area contributed by atoms with Crippen molar-refractivity contribution in [2.75, 3.05) is 15.8 Å². The summed E-state index contributed by atoms with van der Waals surface area (Å²) in [6.07, 6.45) is 0.441. The molecule has 0 aliphatic heterocycles. The molecular formula is C16H21BrClNO5SSi. The van der Waals surface area contributed by atoms with Crippen LogP contribution in [-0.2, 0) is 10.0 Å². The number of anilines is 1. The van der Waals surface area contributed by atoms with Crippen molar-refractivity contribution in [2.24, 2.45) is 0 Å². The van der Waals surface area contributed by atoms with Gasteiger partial charge in [-0.1, -0.05) is 27.5 Å². The van der Waals surface area contributed by atoms with E-state index in [4.69, 9.17) is 20.4 Å². The van der Waals surface area contributed by atoms with Crippen LogP contribution in [0.25, 0.3) is 11.3 Å². The molecule has 0 aliphatic rings. The Morgan fingerprint density at radius 1 is 1.27 bits per heavy atom. The fourth-order valence-electron chi connectivity index (χ4n) is 2.11. The van der Waals surface area contributed by atoms with Gasteiger partial charge in [0, 0.05) is 15.9 Å². The summed E-state index contributed by atoms with van der Waals surface area (Å²) in [4.78, 5) is 0. The van der Waals surface area contributed by atoms with Crippen molar-refractivity contribution >= 4 is 51.8 Å². The molecule has 1 aromatic heterocycles. The van der Waals surface area contributed by atoms with Crippen LogP contribution in [0.5, 0.6) is 11.5 Å². The van der Waals surface area contributed by atoms with Crippen LogP contribution in [0, 0.1) is 0 Å². The van der Waals surface area contributed by atoms with Crippen molar-refractivity contribution in [3.8, 4) is 22.8 Å². The normalized spacial score (nSPS) is 12.2. The van der Waals surface area contributed by atoms with Gasteiger partial charge in [0.25, 0.3) is 5.88 Å². The maximum absolute atomic E-state index is 12.2. The van der Waals surface area contributed by atoms with Crippen molar-refractivity contribution in [1.29, 1.82) is 0 Å². The fourth-order valence-corrected chi connectivity index (χ4v) is 4.73. The second-order valence-corrected chi connectivity index (χ2v) is 14.1. The molecule has 26 heavy (non-hydrogen) atoms. The quantitative estimate of drug-likeness (QED) is 0.406. The standard InChI is InChI=1S/C16H21BrClNO5SSi/c1-26(2,3)24-15-13(20)14(11-5-7-12(18)8-6-11)23-16(15)19-25(21,22)10-4-9-17/h5-8,19-20H,4,9-10H2,1-3H3. The Hall–Kier alpha value is -1.16. The van der Waals surface area contributed by atoms with Crippen molar-refractivity contribution in [1.82, 2.24) is 0 Å². The highest BCUT2D eigenvalue weighted by Crippen LogP contribution is 2.47. The zero-order valence-corrected chi connectivity index (χ0v) is 18.8. The first-order chi connectivity index (χ1) is 12.0. The minimum Gasteiger partial charge on any atom is -0.538 e. The highest BCUT2D eigenvalue weighted by molar-refractivity contribution is 9.09. The number of alkyl halides is 1. The Morgan fingerprint density at radius 3 is 2.42 bits per heavy atom. The van der Waals surface area contributed by atoms with E-state index in [9.17, 15) is 13.5 Å². The van der Waals surface area contributed by atoms with Gasteiger partial charge in [-0.15, -0.1) is 0 Å². The Balaban J connectivity index is 2.48. The van der Waals surface area contributed by atoms with E-state index in [0.29, 0.717) is 22.3 Å². The van der Waals surface area contributed by atoms with Crippen LogP contribution in [0.1, 0.15) is 6.42 Å². The summed E-state index contributed by atoms with van der Waals surface area (Å²) >= 11 is 9.10. The molecule has 2 rings (SSSR count). The van der Waals surface area contributed by atoms with E-state index in [0.717, 1.165) is 0 Å². The highest BCUT2D eigenvalue weighted by Gasteiger charge is 2.29. The van der Waals surface area contributed by atoms with Gasteiger partial charge in [0.15, 0.2) is 5.76 Å². The minimum absolute atomic E-state index is 0.0107. The predicted octanol–water partition coefficient (Wildman–Crippen LogP) is 5.05. The van der Waals surface area contributed by atoms with E-state index in [2.05, 4.69) is 20.7 Å². The molecule has 144 valence electrons. The number of benzene rings is 1. The maximum atomic E-state index is 12.2. The Kier molecular flexibility index (Phi) is 6.70. The molecule has 1 heterocycles. The van der Waals surface area contributed by atoms with E-state index < -0.39 is 18.3 Å². The number of halogens is 2. The molecule has 0 fully saturated rings. The molecule has 0 bridgehead atoms. The van der Waals surface area contributed by atoms with Crippen LogP contribution in [0.15, 0.2) is 28.7 Å². The van der Waals surface area contributed by atoms with E-state index in [1.165, 1.54) is 0 Å². The Morgan fingerprint density at radius 2 is 1.88 bits per heavy atom. The monoisotopic (exact) mass is 481 g/mol. The number of hydrogen-bond acceptors (Lipinski definition) is 5. The largest absolute Gasteiger partial charge is 0.538 e. The SMILES string of the molecule is C[Si](C)(C)Oc1c(NS(=O)(=O)CCCBr)oc(-c2ccc(Cl)cc2)c1O. The average molecular weight is 483 g/mol. The van der Waals surface area contributed by atoms with Gasteiger partial charge in [0.1, 0.15) is 0 Å². The third-order valence-corrected chi connectivity index (χ3v) is 6.10. The summed E-state index contributed by atoms with van der Waals surface area (Å²) in [5, 5.41) is 11.7. The zero-order valence-electron chi connectivity index (χ0n) is 14.7. The first-order valence-corrected chi connectivity index (χ1v) is 14.5. The summed E-state index contributed by atoms with van der Waals surface area (Å²) < 4.78 is 38.4. The van der Waals surface area contributed by atoms with Crippen molar-refractivity contribution in [3.63, 3.8) is 0 Å². The molecular weight excluding hydrogens is 462 g/mol. The molecule has 0 saturated heterocycles. The lowest BCUT2D eigenvalue weighted by Gasteiger charge is -2.19. The lowest BCUT2D eigenvalue weighted by Crippen LogP contribution is -2.29. The van der Waals surface area contributed by atoms with Crippen LogP contribution >= 0.6 is 27.5 Å². The second kappa shape index (κ2) is 8.24. The molecule has 10 heteroatoms. The number of furan rings is 1. The first-order valence-electron chi connectivity index (χ1n) is 7.89. The van der Waals surface area contributed by atoms with E-state index in [1.807, 2.05) is 19.6 Å². The molecule has 0 aliphatic carbocycles. The minimum atomic E-state index is -3.64. The topological polar surface area (TPSA) is 88.8 Å². The van der Waals surface area contributed by atoms with Crippen LogP contribution in [-0.4, -0.2) is 32.9 Å². The van der Waals surface area contributed by atoms with Crippen molar-refractivity contribution in [2.45, 2.75) is 26.1 Å². The van der Waals surface area contributed by atoms with Gasteiger partial charge in [-0.25, -0.2) is 13.1 Å². The molecule has 0 atom stereocenters. The summed E-state index contributed by atoms with van der Waals surface area (Å²) in [6, 6.07) is 6.64. The van der Waals surface area contributed by atoms with Gasteiger partial charge >= 0.3 is 0 Å². The number of aromatic hydroxyl groups is 1. The van der Waals surface area contributed by atoms with Crippen molar-refractivity contribution < 1.29 is 22.4 Å². The number of hydrogen-bond donors (Lipinski definition) is 2. The van der Waals surface area contributed by atoms with E-state index >= 15 is 0 Å². The van der Waals surface area contributed by atoms with Gasteiger partial charge in [-0.05, 0) is 50.3 Å². The van der Waals surface area contributed by atoms with E-state index in [1.54, 1.807) is 24.3 Å². The van der Waals surface area contributed by atoms with Gasteiger partial charge in [-0.3, -0.25) is 0 Å². The number of nitrogens with one attached hydrogen (secondary N) is 1. The van der Waals surface area contributed by atoms with Crippen molar-refractivity contribution in [3.05, 3.63) is 29.3 Å². The van der Waals surface area contributed by atoms with E-state index in [-0.39, 0.29) is 28.9 Å². The highest BCUT2D eigenvalue weighted by atomic mass is 79.9. The third kappa shape index (κ3) is 5.67. The lowest BCUT2D eigenvalue weighted by molar-refractivity contribution is 0.440. The average Bonchev–Trinajstić information content (AvgIpc) is 2.81. The third-order valence-electron chi connectivity index (χ3n) is 3.15.